The van der Waals surface area contributed by atoms with Gasteiger partial charge in [0.1, 0.15) is 11.5 Å². The molecular weight excluding hydrogens is 372 g/mol. The second-order valence-corrected chi connectivity index (χ2v) is 8.69. The molecule has 0 unspecified atom stereocenters. The van der Waals surface area contributed by atoms with E-state index in [0.29, 0.717) is 17.2 Å². The van der Waals surface area contributed by atoms with E-state index < -0.39 is 34.3 Å². The van der Waals surface area contributed by atoms with Crippen molar-refractivity contribution >= 4 is 21.9 Å². The van der Waals surface area contributed by atoms with Crippen molar-refractivity contribution in [2.75, 3.05) is 12.4 Å². The van der Waals surface area contributed by atoms with Gasteiger partial charge >= 0.3 is 5.97 Å². The molecule has 1 amide bonds. The van der Waals surface area contributed by atoms with E-state index in [4.69, 9.17) is 9.84 Å². The first-order valence-corrected chi connectivity index (χ1v) is 10.6. The average molecular weight is 398 g/mol. The monoisotopic (exact) mass is 398 g/mol. The number of aliphatic carboxylic acids is 1. The number of hydrogen-bond acceptors (Lipinski definition) is 5. The highest BCUT2D eigenvalue weighted by Gasteiger charge is 2.24. The van der Waals surface area contributed by atoms with Crippen LogP contribution in [0.3, 0.4) is 0 Å². The maximum atomic E-state index is 12.2. The molecule has 0 aliphatic heterocycles. The topological polar surface area (TPSA) is 122 Å². The third-order valence-electron chi connectivity index (χ3n) is 4.43. The van der Waals surface area contributed by atoms with Crippen molar-refractivity contribution < 1.29 is 27.9 Å². The van der Waals surface area contributed by atoms with Crippen LogP contribution < -0.4 is 14.8 Å². The number of ether oxygens (including phenoxy) is 1. The Morgan fingerprint density at radius 1 is 1.22 bits per heavy atom. The molecule has 0 saturated heterocycles. The molecule has 3 N–H and O–H groups in total. The smallest absolute Gasteiger partial charge is 0.341 e. The summed E-state index contributed by atoms with van der Waals surface area (Å²) in [5, 5.41) is 11.2. The van der Waals surface area contributed by atoms with Gasteiger partial charge in [0.05, 0.1) is 0 Å². The van der Waals surface area contributed by atoms with Gasteiger partial charge in [-0.25, -0.2) is 17.9 Å². The van der Waals surface area contributed by atoms with E-state index in [9.17, 15) is 18.0 Å². The molecule has 0 aromatic heterocycles. The summed E-state index contributed by atoms with van der Waals surface area (Å²) >= 11 is 0. The van der Waals surface area contributed by atoms with E-state index in [-0.39, 0.29) is 12.6 Å². The fraction of sp³-hybridized carbons (Fsp3) is 0.556. The van der Waals surface area contributed by atoms with Crippen LogP contribution in [-0.2, 0) is 26.2 Å². The lowest BCUT2D eigenvalue weighted by Crippen LogP contribution is -2.42. The van der Waals surface area contributed by atoms with Crippen molar-refractivity contribution in [3.63, 3.8) is 0 Å². The van der Waals surface area contributed by atoms with Crippen LogP contribution in [0.15, 0.2) is 24.3 Å². The van der Waals surface area contributed by atoms with Gasteiger partial charge < -0.3 is 15.2 Å². The number of carboxylic acids is 1. The molecule has 0 heterocycles. The summed E-state index contributed by atoms with van der Waals surface area (Å²) in [5.74, 6) is -1.31. The van der Waals surface area contributed by atoms with Gasteiger partial charge in [-0.05, 0) is 49.3 Å². The lowest BCUT2D eigenvalue weighted by atomic mass is 9.88. The molecule has 8 nitrogen and oxygen atoms in total. The Morgan fingerprint density at radius 2 is 1.93 bits per heavy atom. The van der Waals surface area contributed by atoms with Gasteiger partial charge in [0.2, 0.25) is 15.9 Å². The molecule has 2 rings (SSSR count). The Balaban J connectivity index is 1.79. The number of nitrogens with one attached hydrogen (secondary N) is 2. The number of hydrogen-bond donors (Lipinski definition) is 3. The van der Waals surface area contributed by atoms with Crippen LogP contribution >= 0.6 is 0 Å². The molecule has 1 fully saturated rings. The Hall–Kier alpha value is -2.13. The first-order valence-electron chi connectivity index (χ1n) is 8.94. The highest BCUT2D eigenvalue weighted by atomic mass is 32.2. The zero-order valence-corrected chi connectivity index (χ0v) is 16.1. The summed E-state index contributed by atoms with van der Waals surface area (Å²) in [4.78, 5) is 22.5. The summed E-state index contributed by atoms with van der Waals surface area (Å²) in [6.07, 6.45) is 3.57. The molecule has 1 aliphatic carbocycles. The normalized spacial score (nSPS) is 20.0. The number of carbonyl (C=O) groups is 2. The van der Waals surface area contributed by atoms with Gasteiger partial charge in [-0.3, -0.25) is 4.79 Å². The van der Waals surface area contributed by atoms with Gasteiger partial charge in [-0.15, -0.1) is 0 Å². The van der Waals surface area contributed by atoms with E-state index in [1.54, 1.807) is 24.3 Å². The molecule has 0 spiro atoms. The van der Waals surface area contributed by atoms with Gasteiger partial charge in [-0.2, -0.15) is 0 Å². The van der Waals surface area contributed by atoms with Crippen molar-refractivity contribution in [1.29, 1.82) is 0 Å². The Labute approximate surface area is 159 Å². The largest absolute Gasteiger partial charge is 0.482 e. The van der Waals surface area contributed by atoms with Crippen molar-refractivity contribution in [3.8, 4) is 5.75 Å². The minimum absolute atomic E-state index is 0.0953. The highest BCUT2D eigenvalue weighted by molar-refractivity contribution is 7.90. The molecule has 1 aromatic rings. The van der Waals surface area contributed by atoms with Crippen molar-refractivity contribution in [3.05, 3.63) is 29.8 Å². The summed E-state index contributed by atoms with van der Waals surface area (Å²) < 4.78 is 32.0. The summed E-state index contributed by atoms with van der Waals surface area (Å²) in [5.41, 5.74) is 0.679. The number of carbonyl (C=O) groups excluding carboxylic acids is 1. The SMILES string of the molecule is CC1CCC(NS(=O)(=O)CC(=O)NCc2cccc(OCC(=O)O)c2)CC1. The van der Waals surface area contributed by atoms with Crippen LogP contribution in [0.2, 0.25) is 0 Å². The third-order valence-corrected chi connectivity index (χ3v) is 5.77. The Morgan fingerprint density at radius 3 is 2.59 bits per heavy atom. The number of rotatable bonds is 9. The lowest BCUT2D eigenvalue weighted by Gasteiger charge is -2.26. The molecule has 0 bridgehead atoms. The van der Waals surface area contributed by atoms with E-state index in [2.05, 4.69) is 17.0 Å². The number of amides is 1. The molecule has 0 radical (unpaired) electrons. The van der Waals surface area contributed by atoms with E-state index in [0.717, 1.165) is 25.7 Å². The van der Waals surface area contributed by atoms with Crippen LogP contribution in [0.1, 0.15) is 38.2 Å². The molecule has 9 heteroatoms. The van der Waals surface area contributed by atoms with Crippen LogP contribution in [0.5, 0.6) is 5.75 Å². The first-order chi connectivity index (χ1) is 12.7. The highest BCUT2D eigenvalue weighted by Crippen LogP contribution is 2.23. The number of sulfonamides is 1. The van der Waals surface area contributed by atoms with Crippen LogP contribution in [0.4, 0.5) is 0 Å². The van der Waals surface area contributed by atoms with Gasteiger partial charge in [0, 0.05) is 12.6 Å². The van der Waals surface area contributed by atoms with Gasteiger partial charge in [0.25, 0.3) is 0 Å². The second kappa shape index (κ2) is 9.70. The van der Waals surface area contributed by atoms with Crippen molar-refractivity contribution in [1.82, 2.24) is 10.0 Å². The minimum Gasteiger partial charge on any atom is -0.482 e. The van der Waals surface area contributed by atoms with E-state index in [1.165, 1.54) is 0 Å². The van der Waals surface area contributed by atoms with Crippen molar-refractivity contribution in [2.45, 2.75) is 45.2 Å². The maximum absolute atomic E-state index is 12.2. The second-order valence-electron chi connectivity index (χ2n) is 6.94. The van der Waals surface area contributed by atoms with Gasteiger partial charge in [0.15, 0.2) is 6.61 Å². The maximum Gasteiger partial charge on any atom is 0.341 e. The first kappa shape index (κ1) is 21.2. The number of carboxylic acid groups (broad SMARTS) is 1. The van der Waals surface area contributed by atoms with Crippen LogP contribution in [0, 0.1) is 5.92 Å². The summed E-state index contributed by atoms with van der Waals surface area (Å²) in [6.45, 7) is 1.82. The predicted molar refractivity (Wildman–Crippen MR) is 99.8 cm³/mol. The van der Waals surface area contributed by atoms with E-state index >= 15 is 0 Å². The summed E-state index contributed by atoms with van der Waals surface area (Å²) in [6, 6.07) is 6.50. The van der Waals surface area contributed by atoms with E-state index in [1.807, 2.05) is 0 Å². The molecule has 150 valence electrons. The Kier molecular flexibility index (Phi) is 7.61. The average Bonchev–Trinajstić information content (AvgIpc) is 2.60. The van der Waals surface area contributed by atoms with Crippen LogP contribution in [-0.4, -0.2) is 43.8 Å². The molecule has 27 heavy (non-hydrogen) atoms. The standard InChI is InChI=1S/C18H26N2O6S/c1-13-5-7-15(8-6-13)20-27(24,25)12-17(21)19-10-14-3-2-4-16(9-14)26-11-18(22)23/h2-4,9,13,15,20H,5-8,10-12H2,1H3,(H,19,21)(H,22,23). The summed E-state index contributed by atoms with van der Waals surface area (Å²) in [7, 11) is -3.68. The molecule has 0 atom stereocenters. The minimum atomic E-state index is -3.68. The van der Waals surface area contributed by atoms with Gasteiger partial charge in [-0.1, -0.05) is 19.1 Å². The van der Waals surface area contributed by atoms with Crippen molar-refractivity contribution in [2.24, 2.45) is 5.92 Å². The quantitative estimate of drug-likeness (QED) is 0.576. The molecular formula is C18H26N2O6S. The molecule has 1 aromatic carbocycles. The third kappa shape index (κ3) is 7.96. The lowest BCUT2D eigenvalue weighted by molar-refractivity contribution is -0.139. The van der Waals surface area contributed by atoms with Crippen LogP contribution in [0.25, 0.3) is 0 Å². The fourth-order valence-corrected chi connectivity index (χ4v) is 4.26. The number of benzene rings is 1. The predicted octanol–water partition coefficient (Wildman–Crippen LogP) is 1.26. The fourth-order valence-electron chi connectivity index (χ4n) is 2.99. The molecule has 1 aliphatic rings. The molecule has 1 saturated carbocycles. The zero-order chi connectivity index (χ0) is 19.9. The zero-order valence-electron chi connectivity index (χ0n) is 15.3. The Bertz CT molecular complexity index is 757.